The number of likely N-dealkylation sites (tertiary alicyclic amines) is 1. The number of carbonyl (C=O) groups is 1. The highest BCUT2D eigenvalue weighted by atomic mass is 16.2. The highest BCUT2D eigenvalue weighted by molar-refractivity contribution is 5.76. The molecule has 2 aromatic rings. The maximum Gasteiger partial charge on any atom is 0.222 e. The van der Waals surface area contributed by atoms with E-state index in [0.717, 1.165) is 38.8 Å². The monoisotopic (exact) mass is 298 g/mol. The van der Waals surface area contributed by atoms with Gasteiger partial charge in [-0.25, -0.2) is 4.68 Å². The predicted molar refractivity (Wildman–Crippen MR) is 84.3 cm³/mol. The van der Waals surface area contributed by atoms with Crippen LogP contribution in [-0.2, 0) is 11.2 Å². The van der Waals surface area contributed by atoms with Crippen molar-refractivity contribution < 1.29 is 4.79 Å². The zero-order chi connectivity index (χ0) is 15.2. The summed E-state index contributed by atoms with van der Waals surface area (Å²) in [5.74, 6) is 0.285. The van der Waals surface area contributed by atoms with Gasteiger partial charge in [0.2, 0.25) is 5.91 Å². The summed E-state index contributed by atoms with van der Waals surface area (Å²) in [6, 6.07) is 10.7. The molecule has 22 heavy (non-hydrogen) atoms. The van der Waals surface area contributed by atoms with Gasteiger partial charge in [0.1, 0.15) is 0 Å². The minimum Gasteiger partial charge on any atom is -0.343 e. The minimum atomic E-state index is 0.285. The van der Waals surface area contributed by atoms with Gasteiger partial charge in [-0.2, -0.15) is 0 Å². The molecule has 5 heteroatoms. The van der Waals surface area contributed by atoms with E-state index in [1.807, 2.05) is 34.0 Å². The highest BCUT2D eigenvalue weighted by Crippen LogP contribution is 2.21. The van der Waals surface area contributed by atoms with Crippen molar-refractivity contribution in [2.45, 2.75) is 38.1 Å². The molecular weight excluding hydrogens is 276 g/mol. The van der Waals surface area contributed by atoms with Crippen molar-refractivity contribution in [3.05, 3.63) is 48.3 Å². The fourth-order valence-corrected chi connectivity index (χ4v) is 3.04. The molecule has 0 atom stereocenters. The van der Waals surface area contributed by atoms with Gasteiger partial charge < -0.3 is 4.90 Å². The summed E-state index contributed by atoms with van der Waals surface area (Å²) >= 11 is 0. The van der Waals surface area contributed by atoms with E-state index in [1.54, 1.807) is 6.20 Å². The normalized spacial score (nSPS) is 15.9. The number of amides is 1. The summed E-state index contributed by atoms with van der Waals surface area (Å²) in [7, 11) is 0. The van der Waals surface area contributed by atoms with Crippen molar-refractivity contribution in [3.63, 3.8) is 0 Å². The topological polar surface area (TPSA) is 51.0 Å². The molecule has 116 valence electrons. The molecule has 1 aliphatic rings. The largest absolute Gasteiger partial charge is 0.343 e. The Morgan fingerprint density at radius 2 is 1.95 bits per heavy atom. The lowest BCUT2D eigenvalue weighted by atomic mass is 10.0. The zero-order valence-electron chi connectivity index (χ0n) is 12.8. The average Bonchev–Trinajstić information content (AvgIpc) is 3.10. The third kappa shape index (κ3) is 3.72. The quantitative estimate of drug-likeness (QED) is 0.852. The summed E-state index contributed by atoms with van der Waals surface area (Å²) in [5.41, 5.74) is 1.31. The first kappa shape index (κ1) is 14.8. The minimum absolute atomic E-state index is 0.285. The van der Waals surface area contributed by atoms with Crippen LogP contribution >= 0.6 is 0 Å². The van der Waals surface area contributed by atoms with Crippen molar-refractivity contribution in [1.82, 2.24) is 19.9 Å². The molecule has 0 radical (unpaired) electrons. The van der Waals surface area contributed by atoms with Crippen LogP contribution in [0.1, 0.15) is 37.3 Å². The Balaban J connectivity index is 1.40. The van der Waals surface area contributed by atoms with Crippen molar-refractivity contribution >= 4 is 5.91 Å². The van der Waals surface area contributed by atoms with Gasteiger partial charge in [-0.1, -0.05) is 35.5 Å². The molecule has 0 N–H and O–H groups in total. The van der Waals surface area contributed by atoms with Gasteiger partial charge in [0.05, 0.1) is 12.2 Å². The number of hydrogen-bond acceptors (Lipinski definition) is 3. The summed E-state index contributed by atoms with van der Waals surface area (Å²) in [4.78, 5) is 14.3. The Morgan fingerprint density at radius 1 is 1.18 bits per heavy atom. The van der Waals surface area contributed by atoms with Crippen LogP contribution in [0.3, 0.4) is 0 Å². The van der Waals surface area contributed by atoms with Gasteiger partial charge in [0.25, 0.3) is 0 Å². The van der Waals surface area contributed by atoms with Gasteiger partial charge in [0, 0.05) is 25.7 Å². The molecule has 5 nitrogen and oxygen atoms in total. The molecule has 0 spiro atoms. The maximum atomic E-state index is 12.3. The van der Waals surface area contributed by atoms with Gasteiger partial charge in [0.15, 0.2) is 0 Å². The Kier molecular flexibility index (Phi) is 4.83. The van der Waals surface area contributed by atoms with Crippen LogP contribution < -0.4 is 0 Å². The van der Waals surface area contributed by atoms with E-state index in [1.165, 1.54) is 5.56 Å². The molecule has 1 saturated heterocycles. The smallest absolute Gasteiger partial charge is 0.222 e. The van der Waals surface area contributed by atoms with Crippen molar-refractivity contribution in [3.8, 4) is 0 Å². The number of benzene rings is 1. The van der Waals surface area contributed by atoms with Crippen molar-refractivity contribution in [1.29, 1.82) is 0 Å². The molecule has 3 rings (SSSR count). The molecule has 1 amide bonds. The molecule has 2 heterocycles. The summed E-state index contributed by atoms with van der Waals surface area (Å²) < 4.78 is 1.91. The van der Waals surface area contributed by atoms with Crippen LogP contribution in [0.5, 0.6) is 0 Å². The van der Waals surface area contributed by atoms with Crippen LogP contribution in [0.4, 0.5) is 0 Å². The first-order valence-corrected chi connectivity index (χ1v) is 8.00. The first-order chi connectivity index (χ1) is 10.8. The second kappa shape index (κ2) is 7.20. The SMILES string of the molecule is O=C(CCCc1ccccc1)N1CCC(n2ccnn2)CC1. The van der Waals surface area contributed by atoms with Gasteiger partial charge in [-0.15, -0.1) is 5.10 Å². The standard InChI is InChI=1S/C17H22N4O/c22-17(8-4-7-15-5-2-1-3-6-15)20-12-9-16(10-13-20)21-14-11-18-19-21/h1-3,5-6,11,14,16H,4,7-10,12-13H2. The first-order valence-electron chi connectivity index (χ1n) is 8.00. The molecule has 1 aromatic heterocycles. The van der Waals surface area contributed by atoms with Gasteiger partial charge in [-0.3, -0.25) is 4.79 Å². The molecule has 0 unspecified atom stereocenters. The Bertz CT molecular complexity index is 574. The summed E-state index contributed by atoms with van der Waals surface area (Å²) in [6.07, 6.45) is 8.08. The van der Waals surface area contributed by atoms with E-state index >= 15 is 0 Å². The number of aryl methyl sites for hydroxylation is 1. The lowest BCUT2D eigenvalue weighted by molar-refractivity contribution is -0.132. The maximum absolute atomic E-state index is 12.3. The van der Waals surface area contributed by atoms with Gasteiger partial charge in [-0.05, 0) is 31.2 Å². The highest BCUT2D eigenvalue weighted by Gasteiger charge is 2.23. The van der Waals surface area contributed by atoms with E-state index in [0.29, 0.717) is 12.5 Å². The van der Waals surface area contributed by atoms with Crippen molar-refractivity contribution in [2.75, 3.05) is 13.1 Å². The third-order valence-corrected chi connectivity index (χ3v) is 4.33. The second-order valence-corrected chi connectivity index (χ2v) is 5.83. The van der Waals surface area contributed by atoms with Crippen LogP contribution in [0, 0.1) is 0 Å². The predicted octanol–water partition coefficient (Wildman–Crippen LogP) is 2.46. The van der Waals surface area contributed by atoms with E-state index in [4.69, 9.17) is 0 Å². The average molecular weight is 298 g/mol. The van der Waals surface area contributed by atoms with Crippen LogP contribution in [0.15, 0.2) is 42.7 Å². The fourth-order valence-electron chi connectivity index (χ4n) is 3.04. The molecular formula is C17H22N4O. The lowest BCUT2D eigenvalue weighted by Gasteiger charge is -2.32. The Labute approximate surface area is 130 Å². The number of nitrogens with zero attached hydrogens (tertiary/aromatic N) is 4. The number of aromatic nitrogens is 3. The number of piperidine rings is 1. The second-order valence-electron chi connectivity index (χ2n) is 5.83. The van der Waals surface area contributed by atoms with Crippen LogP contribution in [0.2, 0.25) is 0 Å². The summed E-state index contributed by atoms with van der Waals surface area (Å²) in [5, 5.41) is 7.91. The third-order valence-electron chi connectivity index (χ3n) is 4.33. The molecule has 0 bridgehead atoms. The zero-order valence-corrected chi connectivity index (χ0v) is 12.8. The van der Waals surface area contributed by atoms with E-state index in [2.05, 4.69) is 22.4 Å². The number of carbonyl (C=O) groups excluding carboxylic acids is 1. The summed E-state index contributed by atoms with van der Waals surface area (Å²) in [6.45, 7) is 1.66. The molecule has 1 fully saturated rings. The Morgan fingerprint density at radius 3 is 2.64 bits per heavy atom. The molecule has 1 aliphatic heterocycles. The molecule has 0 aliphatic carbocycles. The fraction of sp³-hybridized carbons (Fsp3) is 0.471. The molecule has 1 aromatic carbocycles. The van der Waals surface area contributed by atoms with E-state index in [-0.39, 0.29) is 5.91 Å². The molecule has 0 saturated carbocycles. The van der Waals surface area contributed by atoms with Crippen molar-refractivity contribution in [2.24, 2.45) is 0 Å². The Hall–Kier alpha value is -2.17. The van der Waals surface area contributed by atoms with E-state index < -0.39 is 0 Å². The number of rotatable bonds is 5. The van der Waals surface area contributed by atoms with Crippen LogP contribution in [0.25, 0.3) is 0 Å². The van der Waals surface area contributed by atoms with Crippen LogP contribution in [-0.4, -0.2) is 38.9 Å². The van der Waals surface area contributed by atoms with E-state index in [9.17, 15) is 4.79 Å². The van der Waals surface area contributed by atoms with Gasteiger partial charge >= 0.3 is 0 Å². The number of hydrogen-bond donors (Lipinski definition) is 0. The lowest BCUT2D eigenvalue weighted by Crippen LogP contribution is -2.39.